The van der Waals surface area contributed by atoms with Crippen LogP contribution in [0.4, 0.5) is 5.69 Å². The number of thiophene rings is 1. The van der Waals surface area contributed by atoms with E-state index < -0.39 is 0 Å². The minimum absolute atomic E-state index is 0.0532. The zero-order valence-electron chi connectivity index (χ0n) is 10.5. The first kappa shape index (κ1) is 13.3. The maximum atomic E-state index is 12.1. The lowest BCUT2D eigenvalue weighted by atomic mass is 10.1. The molecule has 1 aromatic heterocycles. The summed E-state index contributed by atoms with van der Waals surface area (Å²) in [6.07, 6.45) is 0. The molecular weight excluding hydrogens is 310 g/mol. The van der Waals surface area contributed by atoms with Crippen molar-refractivity contribution in [1.29, 1.82) is 0 Å². The maximum absolute atomic E-state index is 12.1. The van der Waals surface area contributed by atoms with E-state index in [1.165, 1.54) is 16.9 Å². The van der Waals surface area contributed by atoms with Crippen molar-refractivity contribution in [2.45, 2.75) is 20.8 Å². The number of nitrogens with one attached hydrogen (secondary N) is 1. The molecule has 0 saturated heterocycles. The monoisotopic (exact) mass is 323 g/mol. The molecule has 0 aliphatic rings. The van der Waals surface area contributed by atoms with E-state index in [-0.39, 0.29) is 5.91 Å². The van der Waals surface area contributed by atoms with Crippen LogP contribution in [0.2, 0.25) is 0 Å². The molecule has 2 nitrogen and oxygen atoms in total. The third-order valence-electron chi connectivity index (χ3n) is 2.93. The van der Waals surface area contributed by atoms with E-state index >= 15 is 0 Å². The minimum atomic E-state index is -0.0532. The molecule has 1 amide bonds. The van der Waals surface area contributed by atoms with Crippen LogP contribution >= 0.6 is 27.3 Å². The quantitative estimate of drug-likeness (QED) is 0.853. The van der Waals surface area contributed by atoms with E-state index in [0.29, 0.717) is 0 Å². The van der Waals surface area contributed by atoms with Gasteiger partial charge < -0.3 is 5.32 Å². The highest BCUT2D eigenvalue weighted by Crippen LogP contribution is 2.28. The van der Waals surface area contributed by atoms with Crippen molar-refractivity contribution in [1.82, 2.24) is 0 Å². The number of carbonyl (C=O) groups is 1. The Morgan fingerprint density at radius 3 is 2.56 bits per heavy atom. The number of hydrogen-bond donors (Lipinski definition) is 1. The standard InChI is InChI=1S/C14H14BrNOS/c1-8-5-4-6-11(10(8)3)16-14(17)12-7-9(2)13(15)18-12/h4-7H,1-3H3,(H,16,17). The minimum Gasteiger partial charge on any atom is -0.321 e. The average molecular weight is 324 g/mol. The van der Waals surface area contributed by atoms with Crippen molar-refractivity contribution in [2.75, 3.05) is 5.32 Å². The van der Waals surface area contributed by atoms with Crippen LogP contribution in [0.5, 0.6) is 0 Å². The Morgan fingerprint density at radius 2 is 1.94 bits per heavy atom. The van der Waals surface area contributed by atoms with E-state index in [2.05, 4.69) is 21.2 Å². The van der Waals surface area contributed by atoms with Crippen molar-refractivity contribution in [2.24, 2.45) is 0 Å². The third kappa shape index (κ3) is 2.65. The summed E-state index contributed by atoms with van der Waals surface area (Å²) in [7, 11) is 0. The van der Waals surface area contributed by atoms with E-state index in [1.807, 2.05) is 45.0 Å². The second-order valence-corrected chi connectivity index (χ2v) is 6.64. The first-order chi connectivity index (χ1) is 8.49. The second-order valence-electron chi connectivity index (χ2n) is 4.27. The number of hydrogen-bond acceptors (Lipinski definition) is 2. The average Bonchev–Trinajstić information content (AvgIpc) is 2.66. The van der Waals surface area contributed by atoms with Crippen LogP contribution in [-0.2, 0) is 0 Å². The third-order valence-corrected chi connectivity index (χ3v) is 5.07. The van der Waals surface area contributed by atoms with Crippen LogP contribution < -0.4 is 5.32 Å². The van der Waals surface area contributed by atoms with Gasteiger partial charge in [-0.05, 0) is 65.5 Å². The molecule has 1 heterocycles. The Morgan fingerprint density at radius 1 is 1.22 bits per heavy atom. The molecule has 2 rings (SSSR count). The normalized spacial score (nSPS) is 10.4. The summed E-state index contributed by atoms with van der Waals surface area (Å²) in [6, 6.07) is 7.81. The van der Waals surface area contributed by atoms with E-state index in [4.69, 9.17) is 0 Å². The molecule has 94 valence electrons. The maximum Gasteiger partial charge on any atom is 0.265 e. The predicted molar refractivity (Wildman–Crippen MR) is 80.6 cm³/mol. The molecule has 2 aromatic rings. The van der Waals surface area contributed by atoms with Gasteiger partial charge in [0.25, 0.3) is 5.91 Å². The Balaban J connectivity index is 2.24. The van der Waals surface area contributed by atoms with E-state index in [0.717, 1.165) is 25.5 Å². The number of carbonyl (C=O) groups excluding carboxylic acids is 1. The molecule has 4 heteroatoms. The van der Waals surface area contributed by atoms with Crippen LogP contribution in [0.15, 0.2) is 28.1 Å². The summed E-state index contributed by atoms with van der Waals surface area (Å²) < 4.78 is 1.01. The molecule has 0 saturated carbocycles. The molecule has 0 atom stereocenters. The van der Waals surface area contributed by atoms with Crippen molar-refractivity contribution < 1.29 is 4.79 Å². The van der Waals surface area contributed by atoms with Crippen molar-refractivity contribution >= 4 is 38.9 Å². The van der Waals surface area contributed by atoms with Crippen molar-refractivity contribution in [3.8, 4) is 0 Å². The Labute approximate surface area is 119 Å². The van der Waals surface area contributed by atoms with Crippen LogP contribution in [0, 0.1) is 20.8 Å². The smallest absolute Gasteiger partial charge is 0.265 e. The molecule has 0 aliphatic carbocycles. The van der Waals surface area contributed by atoms with Crippen LogP contribution in [0.1, 0.15) is 26.4 Å². The van der Waals surface area contributed by atoms with Gasteiger partial charge in [-0.3, -0.25) is 4.79 Å². The summed E-state index contributed by atoms with van der Waals surface area (Å²) in [4.78, 5) is 12.8. The lowest BCUT2D eigenvalue weighted by Gasteiger charge is -2.09. The molecule has 18 heavy (non-hydrogen) atoms. The Bertz CT molecular complexity index is 584. The van der Waals surface area contributed by atoms with Crippen LogP contribution in [0.3, 0.4) is 0 Å². The zero-order chi connectivity index (χ0) is 13.3. The van der Waals surface area contributed by atoms with Gasteiger partial charge in [-0.1, -0.05) is 12.1 Å². The summed E-state index contributed by atoms with van der Waals surface area (Å²) in [6.45, 7) is 6.03. The van der Waals surface area contributed by atoms with Gasteiger partial charge in [0, 0.05) is 5.69 Å². The van der Waals surface area contributed by atoms with Crippen LogP contribution in [-0.4, -0.2) is 5.91 Å². The fourth-order valence-electron chi connectivity index (χ4n) is 1.64. The highest BCUT2D eigenvalue weighted by atomic mass is 79.9. The highest BCUT2D eigenvalue weighted by Gasteiger charge is 2.12. The molecule has 1 aromatic carbocycles. The molecule has 0 bridgehead atoms. The molecule has 0 radical (unpaired) electrons. The lowest BCUT2D eigenvalue weighted by molar-refractivity contribution is 0.103. The fraction of sp³-hybridized carbons (Fsp3) is 0.214. The Kier molecular flexibility index (Phi) is 3.88. The number of halogens is 1. The largest absolute Gasteiger partial charge is 0.321 e. The topological polar surface area (TPSA) is 29.1 Å². The number of anilines is 1. The van der Waals surface area contributed by atoms with Gasteiger partial charge >= 0.3 is 0 Å². The van der Waals surface area contributed by atoms with E-state index in [1.54, 1.807) is 0 Å². The van der Waals surface area contributed by atoms with Gasteiger partial charge in [0.1, 0.15) is 0 Å². The van der Waals surface area contributed by atoms with E-state index in [9.17, 15) is 4.79 Å². The number of aryl methyl sites for hydroxylation is 2. The molecule has 1 N–H and O–H groups in total. The molecular formula is C14H14BrNOS. The summed E-state index contributed by atoms with van der Waals surface area (Å²) in [5.41, 5.74) is 4.25. The van der Waals surface area contributed by atoms with Gasteiger partial charge in [-0.2, -0.15) is 0 Å². The summed E-state index contributed by atoms with van der Waals surface area (Å²) in [5, 5.41) is 2.96. The highest BCUT2D eigenvalue weighted by molar-refractivity contribution is 9.11. The predicted octanol–water partition coefficient (Wildman–Crippen LogP) is 4.69. The van der Waals surface area contributed by atoms with Gasteiger partial charge in [0.05, 0.1) is 8.66 Å². The summed E-state index contributed by atoms with van der Waals surface area (Å²) >= 11 is 4.89. The van der Waals surface area contributed by atoms with Gasteiger partial charge in [0.15, 0.2) is 0 Å². The van der Waals surface area contributed by atoms with Gasteiger partial charge in [-0.25, -0.2) is 0 Å². The van der Waals surface area contributed by atoms with Crippen molar-refractivity contribution in [3.05, 3.63) is 49.6 Å². The molecule has 0 unspecified atom stereocenters. The first-order valence-electron chi connectivity index (χ1n) is 5.62. The first-order valence-corrected chi connectivity index (χ1v) is 7.23. The second kappa shape index (κ2) is 5.24. The summed E-state index contributed by atoms with van der Waals surface area (Å²) in [5.74, 6) is -0.0532. The van der Waals surface area contributed by atoms with Gasteiger partial charge in [0.2, 0.25) is 0 Å². The number of rotatable bonds is 2. The molecule has 0 spiro atoms. The molecule has 0 fully saturated rings. The number of amides is 1. The SMILES string of the molecule is Cc1cc(C(=O)Nc2cccc(C)c2C)sc1Br. The zero-order valence-corrected chi connectivity index (χ0v) is 12.9. The van der Waals surface area contributed by atoms with Crippen molar-refractivity contribution in [3.63, 3.8) is 0 Å². The fourth-order valence-corrected chi connectivity index (χ4v) is 3.07. The van der Waals surface area contributed by atoms with Gasteiger partial charge in [-0.15, -0.1) is 11.3 Å². The number of benzene rings is 1. The Hall–Kier alpha value is -1.13. The molecule has 0 aliphatic heterocycles. The lowest BCUT2D eigenvalue weighted by Crippen LogP contribution is -2.11. The van der Waals surface area contributed by atoms with Crippen LogP contribution in [0.25, 0.3) is 0 Å².